The number of nitrogens with two attached hydrogens (primary N) is 1. The number of allylic oxidation sites excluding steroid dienone is 2. The third kappa shape index (κ3) is 6.45. The topological polar surface area (TPSA) is 90.4 Å². The highest BCUT2D eigenvalue weighted by Gasteiger charge is 2.17. The fourth-order valence-corrected chi connectivity index (χ4v) is 7.32. The number of furan rings is 2. The van der Waals surface area contributed by atoms with Crippen LogP contribution in [0.1, 0.15) is 16.7 Å². The van der Waals surface area contributed by atoms with E-state index in [4.69, 9.17) is 29.5 Å². The number of fused-ring (bicyclic) bond motifs is 6. The molecular formula is C51H34N4O2. The van der Waals surface area contributed by atoms with Gasteiger partial charge in [-0.15, -0.1) is 0 Å². The molecule has 0 spiro atoms. The summed E-state index contributed by atoms with van der Waals surface area (Å²) >= 11 is 0. The summed E-state index contributed by atoms with van der Waals surface area (Å²) < 4.78 is 13.1. The van der Waals surface area contributed by atoms with Crippen LogP contribution < -0.4 is 5.73 Å². The minimum absolute atomic E-state index is 0.413. The van der Waals surface area contributed by atoms with E-state index in [1.54, 1.807) is 0 Å². The van der Waals surface area contributed by atoms with Gasteiger partial charge >= 0.3 is 0 Å². The zero-order chi connectivity index (χ0) is 38.3. The maximum absolute atomic E-state index is 6.57. The van der Waals surface area contributed by atoms with E-state index in [-0.39, 0.29) is 0 Å². The monoisotopic (exact) mass is 734 g/mol. The first-order chi connectivity index (χ1) is 28.0. The smallest absolute Gasteiger partial charge is 0.160 e. The quantitative estimate of drug-likeness (QED) is 0.0953. The van der Waals surface area contributed by atoms with Crippen LogP contribution >= 0.6 is 0 Å². The van der Waals surface area contributed by atoms with Crippen molar-refractivity contribution >= 4 is 61.0 Å². The molecule has 7 aromatic carbocycles. The number of rotatable bonds is 8. The van der Waals surface area contributed by atoms with Crippen molar-refractivity contribution in [3.05, 3.63) is 205 Å². The standard InChI is InChI=1S/C51H34N4O2/c1-32(33-14-6-2-7-15-33)26-43(53-50(52)35-18-10-4-11-19-35)37-22-24-39-41-29-49-42(30-48(41)56-46(39)27-37)40-25-23-38(28-47(40)57-49)45-31-44(34-16-8-3-9-17-34)54-51(55-45)36-20-12-5-13-21-36/h2-31H,1H2,(H2,52,53)/b43-26-. The molecule has 0 unspecified atom stereocenters. The summed E-state index contributed by atoms with van der Waals surface area (Å²) in [5.41, 5.74) is 18.4. The van der Waals surface area contributed by atoms with Crippen molar-refractivity contribution in [3.63, 3.8) is 0 Å². The normalized spacial score (nSPS) is 12.2. The fraction of sp³-hybridized carbons (Fsp3) is 0. The fourth-order valence-electron chi connectivity index (χ4n) is 7.32. The Labute approximate surface area is 328 Å². The number of hydrogen-bond acceptors (Lipinski definition) is 5. The number of amidine groups is 1. The SMILES string of the molecule is C=C(/C=C(\N=C(N)c1ccccc1)c1ccc2c(c1)oc1cc3c(cc12)oc1cc(-c2cc(-c4ccccc4)nc(-c4ccccc4)n2)ccc13)c1ccccc1. The van der Waals surface area contributed by atoms with Gasteiger partial charge in [0.05, 0.1) is 17.1 Å². The molecule has 0 fully saturated rings. The van der Waals surface area contributed by atoms with Crippen molar-refractivity contribution in [2.24, 2.45) is 10.7 Å². The van der Waals surface area contributed by atoms with Crippen LogP contribution in [0.15, 0.2) is 202 Å². The lowest BCUT2D eigenvalue weighted by molar-refractivity contribution is 0.664. The van der Waals surface area contributed by atoms with Crippen LogP contribution in [-0.4, -0.2) is 15.8 Å². The molecule has 10 rings (SSSR count). The van der Waals surface area contributed by atoms with E-state index < -0.39 is 0 Å². The lowest BCUT2D eigenvalue weighted by atomic mass is 10.0. The number of hydrogen-bond donors (Lipinski definition) is 1. The van der Waals surface area contributed by atoms with Gasteiger partial charge in [0.25, 0.3) is 0 Å². The Morgan fingerprint density at radius 3 is 1.61 bits per heavy atom. The van der Waals surface area contributed by atoms with Crippen molar-refractivity contribution in [2.75, 3.05) is 0 Å². The molecule has 3 heterocycles. The predicted molar refractivity (Wildman–Crippen MR) is 234 cm³/mol. The zero-order valence-electron chi connectivity index (χ0n) is 30.8. The lowest BCUT2D eigenvalue weighted by Gasteiger charge is -2.09. The first kappa shape index (κ1) is 33.7. The number of nitrogens with zero attached hydrogens (tertiary/aromatic N) is 3. The highest BCUT2D eigenvalue weighted by atomic mass is 16.3. The average Bonchev–Trinajstić information content (AvgIpc) is 3.82. The predicted octanol–water partition coefficient (Wildman–Crippen LogP) is 12.7. The molecule has 270 valence electrons. The van der Waals surface area contributed by atoms with Gasteiger partial charge in [0, 0.05) is 49.4 Å². The van der Waals surface area contributed by atoms with E-state index in [2.05, 4.69) is 55.1 Å². The zero-order valence-corrected chi connectivity index (χ0v) is 30.8. The van der Waals surface area contributed by atoms with Crippen molar-refractivity contribution in [1.29, 1.82) is 0 Å². The van der Waals surface area contributed by atoms with Gasteiger partial charge in [0.2, 0.25) is 0 Å². The summed E-state index contributed by atoms with van der Waals surface area (Å²) in [4.78, 5) is 14.9. The Bertz CT molecular complexity index is 3120. The van der Waals surface area contributed by atoms with Crippen LogP contribution in [-0.2, 0) is 0 Å². The van der Waals surface area contributed by atoms with Gasteiger partial charge in [-0.05, 0) is 59.7 Å². The summed E-state index contributed by atoms with van der Waals surface area (Å²) in [6.07, 6.45) is 1.97. The number of benzene rings is 7. The largest absolute Gasteiger partial charge is 0.456 e. The average molecular weight is 735 g/mol. The first-order valence-electron chi connectivity index (χ1n) is 18.7. The van der Waals surface area contributed by atoms with Crippen LogP contribution in [0, 0.1) is 0 Å². The molecule has 2 N–H and O–H groups in total. The molecule has 0 saturated heterocycles. The Balaban J connectivity index is 1.05. The summed E-state index contributed by atoms with van der Waals surface area (Å²) in [5, 5.41) is 3.90. The van der Waals surface area contributed by atoms with Gasteiger partial charge in [-0.1, -0.05) is 140 Å². The second-order valence-corrected chi connectivity index (χ2v) is 13.9. The molecule has 0 aliphatic heterocycles. The molecule has 57 heavy (non-hydrogen) atoms. The number of aliphatic imine (C=N–C) groups is 1. The minimum Gasteiger partial charge on any atom is -0.456 e. The van der Waals surface area contributed by atoms with E-state index in [9.17, 15) is 0 Å². The molecule has 6 nitrogen and oxygen atoms in total. The third-order valence-corrected chi connectivity index (χ3v) is 10.3. The van der Waals surface area contributed by atoms with Gasteiger partial charge in [0.15, 0.2) is 5.82 Å². The van der Waals surface area contributed by atoms with Gasteiger partial charge in [-0.25, -0.2) is 15.0 Å². The molecular weight excluding hydrogens is 701 g/mol. The van der Waals surface area contributed by atoms with Crippen molar-refractivity contribution < 1.29 is 8.83 Å². The molecule has 0 radical (unpaired) electrons. The number of aromatic nitrogens is 2. The van der Waals surface area contributed by atoms with Crippen molar-refractivity contribution in [1.82, 2.24) is 9.97 Å². The van der Waals surface area contributed by atoms with Crippen LogP contribution in [0.25, 0.3) is 89.0 Å². The van der Waals surface area contributed by atoms with Gasteiger partial charge < -0.3 is 14.6 Å². The Hall–Kier alpha value is -7.83. The molecule has 0 bridgehead atoms. The molecule has 0 saturated carbocycles. The van der Waals surface area contributed by atoms with Gasteiger partial charge in [-0.2, -0.15) is 0 Å². The second-order valence-electron chi connectivity index (χ2n) is 13.9. The molecule has 0 aliphatic rings. The second kappa shape index (κ2) is 14.1. The van der Waals surface area contributed by atoms with E-state index >= 15 is 0 Å². The Morgan fingerprint density at radius 1 is 0.474 bits per heavy atom. The van der Waals surface area contributed by atoms with E-state index in [1.165, 1.54) is 0 Å². The summed E-state index contributed by atoms with van der Waals surface area (Å²) in [5.74, 6) is 1.08. The molecule has 3 aromatic heterocycles. The summed E-state index contributed by atoms with van der Waals surface area (Å²) in [7, 11) is 0. The van der Waals surface area contributed by atoms with E-state index in [0.29, 0.717) is 17.4 Å². The molecule has 0 atom stereocenters. The summed E-state index contributed by atoms with van der Waals surface area (Å²) in [6.45, 7) is 4.35. The van der Waals surface area contributed by atoms with Gasteiger partial charge in [0.1, 0.15) is 28.2 Å². The van der Waals surface area contributed by atoms with Crippen LogP contribution in [0.2, 0.25) is 0 Å². The molecule has 6 heteroatoms. The Kier molecular flexibility index (Phi) is 8.34. The van der Waals surface area contributed by atoms with Crippen molar-refractivity contribution in [3.8, 4) is 33.9 Å². The maximum atomic E-state index is 6.57. The highest BCUT2D eigenvalue weighted by molar-refractivity contribution is 6.15. The third-order valence-electron chi connectivity index (χ3n) is 10.3. The van der Waals surface area contributed by atoms with E-state index in [0.717, 1.165) is 94.2 Å². The highest BCUT2D eigenvalue weighted by Crippen LogP contribution is 2.39. The minimum atomic E-state index is 0.413. The summed E-state index contributed by atoms with van der Waals surface area (Å²) in [6, 6.07) is 58.6. The lowest BCUT2D eigenvalue weighted by Crippen LogP contribution is -2.13. The van der Waals surface area contributed by atoms with Crippen molar-refractivity contribution in [2.45, 2.75) is 0 Å². The molecule has 0 amide bonds. The van der Waals surface area contributed by atoms with Gasteiger partial charge in [-0.3, -0.25) is 0 Å². The van der Waals surface area contributed by atoms with Crippen LogP contribution in [0.4, 0.5) is 0 Å². The molecule has 0 aliphatic carbocycles. The van der Waals surface area contributed by atoms with Crippen LogP contribution in [0.5, 0.6) is 0 Å². The van der Waals surface area contributed by atoms with Crippen LogP contribution in [0.3, 0.4) is 0 Å². The maximum Gasteiger partial charge on any atom is 0.160 e. The molecule has 10 aromatic rings. The first-order valence-corrected chi connectivity index (χ1v) is 18.7. The Morgan fingerprint density at radius 2 is 0.982 bits per heavy atom. The van der Waals surface area contributed by atoms with E-state index in [1.807, 2.05) is 133 Å².